The zero-order chi connectivity index (χ0) is 19.7. The van der Waals surface area contributed by atoms with E-state index in [1.165, 1.54) is 4.57 Å². The molecule has 1 amide bonds. The molecular weight excluding hydrogens is 368 g/mol. The Labute approximate surface area is 163 Å². The molecule has 6 atom stereocenters. The first kappa shape index (κ1) is 19.7. The Kier molecular flexibility index (Phi) is 5.78. The molecule has 1 aromatic heterocycles. The molecule has 8 heteroatoms. The predicted molar refractivity (Wildman–Crippen MR) is 103 cm³/mol. The Hall–Kier alpha value is -2.04. The van der Waals surface area contributed by atoms with E-state index in [0.29, 0.717) is 17.3 Å². The fourth-order valence-corrected chi connectivity index (χ4v) is 4.67. The number of carbonyl (C=O) groups excluding carboxylic acids is 1. The molecule has 3 rings (SSSR count). The smallest absolute Gasteiger partial charge is 0.274 e. The van der Waals surface area contributed by atoms with Crippen LogP contribution < -0.4 is 16.2 Å². The fraction of sp³-hybridized carbons (Fsp3) is 0.632. The molecule has 27 heavy (non-hydrogen) atoms. The molecule has 1 aliphatic carbocycles. The van der Waals surface area contributed by atoms with Crippen molar-refractivity contribution in [3.05, 3.63) is 28.2 Å². The van der Waals surface area contributed by atoms with Crippen LogP contribution in [0, 0.1) is 23.2 Å². The van der Waals surface area contributed by atoms with Crippen LogP contribution in [0.5, 0.6) is 0 Å². The number of rotatable bonds is 4. The van der Waals surface area contributed by atoms with Gasteiger partial charge in [0, 0.05) is 26.2 Å². The number of halogens is 1. The molecule has 2 N–H and O–H groups in total. The Morgan fingerprint density at radius 2 is 2.11 bits per heavy atom. The van der Waals surface area contributed by atoms with Crippen LogP contribution in [0.1, 0.15) is 31.9 Å². The van der Waals surface area contributed by atoms with E-state index in [9.17, 15) is 9.59 Å². The number of ether oxygens (including phenoxy) is 1. The number of pyridine rings is 1. The first-order chi connectivity index (χ1) is 12.8. The SMILES string of the molecule is COC1CC2NC(=O)C(C(C)Nc3ccc(C#N)n(C)c3=O)CC2CC1Cl. The maximum atomic E-state index is 12.7. The van der Waals surface area contributed by atoms with Crippen LogP contribution in [0.2, 0.25) is 0 Å². The van der Waals surface area contributed by atoms with Gasteiger partial charge in [0.1, 0.15) is 17.5 Å². The Morgan fingerprint density at radius 3 is 2.78 bits per heavy atom. The molecule has 1 saturated heterocycles. The van der Waals surface area contributed by atoms with Gasteiger partial charge in [-0.25, -0.2) is 0 Å². The maximum Gasteiger partial charge on any atom is 0.274 e. The first-order valence-electron chi connectivity index (χ1n) is 9.19. The highest BCUT2D eigenvalue weighted by Crippen LogP contribution is 2.37. The van der Waals surface area contributed by atoms with E-state index in [-0.39, 0.29) is 40.9 Å². The number of nitriles is 1. The van der Waals surface area contributed by atoms with Gasteiger partial charge in [0.15, 0.2) is 0 Å². The standard InChI is InChI=1S/C19H25ClN4O3/c1-10(22-15-5-4-12(9-21)24(2)19(15)26)13-6-11-7-14(20)17(27-3)8-16(11)23-18(13)25/h4-5,10-11,13-14,16-17,22H,6-8H2,1-3H3,(H,23,25). The van der Waals surface area contributed by atoms with Gasteiger partial charge >= 0.3 is 0 Å². The molecule has 1 saturated carbocycles. The molecular formula is C19H25ClN4O3. The van der Waals surface area contributed by atoms with E-state index in [0.717, 1.165) is 19.3 Å². The van der Waals surface area contributed by atoms with Crippen molar-refractivity contribution in [3.63, 3.8) is 0 Å². The Balaban J connectivity index is 1.72. The van der Waals surface area contributed by atoms with Gasteiger partial charge in [0.2, 0.25) is 5.91 Å². The second kappa shape index (κ2) is 7.91. The lowest BCUT2D eigenvalue weighted by molar-refractivity contribution is -0.131. The number of anilines is 1. The van der Waals surface area contributed by atoms with E-state index >= 15 is 0 Å². The van der Waals surface area contributed by atoms with Gasteiger partial charge in [-0.1, -0.05) is 0 Å². The molecule has 7 nitrogen and oxygen atoms in total. The largest absolute Gasteiger partial charge is 0.380 e. The van der Waals surface area contributed by atoms with E-state index in [1.807, 2.05) is 13.0 Å². The van der Waals surface area contributed by atoms with Gasteiger partial charge in [-0.2, -0.15) is 5.26 Å². The third-order valence-corrected chi connectivity index (χ3v) is 6.38. The summed E-state index contributed by atoms with van der Waals surface area (Å²) in [6.45, 7) is 1.90. The molecule has 2 fully saturated rings. The fourth-order valence-electron chi connectivity index (χ4n) is 4.23. The van der Waals surface area contributed by atoms with Crippen LogP contribution in [0.4, 0.5) is 5.69 Å². The van der Waals surface area contributed by atoms with Crippen molar-refractivity contribution in [3.8, 4) is 6.07 Å². The van der Waals surface area contributed by atoms with Crippen molar-refractivity contribution < 1.29 is 9.53 Å². The summed E-state index contributed by atoms with van der Waals surface area (Å²) in [6, 6.07) is 5.04. The minimum Gasteiger partial charge on any atom is -0.380 e. The number of alkyl halides is 1. The van der Waals surface area contributed by atoms with Crippen molar-refractivity contribution in [2.75, 3.05) is 12.4 Å². The van der Waals surface area contributed by atoms with E-state index in [4.69, 9.17) is 21.6 Å². The van der Waals surface area contributed by atoms with Gasteiger partial charge in [0.05, 0.1) is 17.4 Å². The summed E-state index contributed by atoms with van der Waals surface area (Å²) < 4.78 is 6.73. The molecule has 0 spiro atoms. The number of amides is 1. The van der Waals surface area contributed by atoms with Crippen molar-refractivity contribution in [2.45, 2.75) is 49.8 Å². The van der Waals surface area contributed by atoms with Crippen LogP contribution in [0.15, 0.2) is 16.9 Å². The van der Waals surface area contributed by atoms with Crippen LogP contribution in [-0.2, 0) is 16.6 Å². The van der Waals surface area contributed by atoms with Gasteiger partial charge in [-0.15, -0.1) is 11.6 Å². The van der Waals surface area contributed by atoms with E-state index in [1.54, 1.807) is 26.3 Å². The highest BCUT2D eigenvalue weighted by atomic mass is 35.5. The zero-order valence-corrected chi connectivity index (χ0v) is 16.5. The molecule has 1 aromatic rings. The van der Waals surface area contributed by atoms with E-state index < -0.39 is 0 Å². The topological polar surface area (TPSA) is 96.2 Å². The number of carbonyl (C=O) groups is 1. The molecule has 146 valence electrons. The molecule has 1 aliphatic heterocycles. The minimum absolute atomic E-state index is 0.00963. The number of piperidine rings is 1. The van der Waals surface area contributed by atoms with Crippen LogP contribution in [-0.4, -0.2) is 41.1 Å². The summed E-state index contributed by atoms with van der Waals surface area (Å²) in [5.74, 6) is 0.0359. The van der Waals surface area contributed by atoms with Crippen LogP contribution in [0.3, 0.4) is 0 Å². The molecule has 6 unspecified atom stereocenters. The van der Waals surface area contributed by atoms with Gasteiger partial charge in [-0.3, -0.25) is 9.59 Å². The third-order valence-electron chi connectivity index (χ3n) is 5.92. The average molecular weight is 393 g/mol. The highest BCUT2D eigenvalue weighted by molar-refractivity contribution is 6.21. The number of hydrogen-bond donors (Lipinski definition) is 2. The first-order valence-corrected chi connectivity index (χ1v) is 9.63. The van der Waals surface area contributed by atoms with Gasteiger partial charge in [0.25, 0.3) is 5.56 Å². The van der Waals surface area contributed by atoms with Crippen molar-refractivity contribution in [1.29, 1.82) is 5.26 Å². The quantitative estimate of drug-likeness (QED) is 0.758. The number of hydrogen-bond acceptors (Lipinski definition) is 5. The highest BCUT2D eigenvalue weighted by Gasteiger charge is 2.44. The minimum atomic E-state index is -0.281. The molecule has 0 radical (unpaired) electrons. The number of aromatic nitrogens is 1. The van der Waals surface area contributed by atoms with Crippen molar-refractivity contribution in [1.82, 2.24) is 9.88 Å². The molecule has 0 bridgehead atoms. The van der Waals surface area contributed by atoms with Gasteiger partial charge < -0.3 is 19.9 Å². The number of nitrogens with one attached hydrogen (secondary N) is 2. The Bertz CT molecular complexity index is 818. The summed E-state index contributed by atoms with van der Waals surface area (Å²) in [5, 5.41) is 15.3. The lowest BCUT2D eigenvalue weighted by Gasteiger charge is -2.44. The summed E-state index contributed by atoms with van der Waals surface area (Å²) in [4.78, 5) is 25.1. The van der Waals surface area contributed by atoms with Crippen molar-refractivity contribution >= 4 is 23.2 Å². The molecule has 2 heterocycles. The normalized spacial score (nSPS) is 31.4. The second-order valence-electron chi connectivity index (χ2n) is 7.52. The zero-order valence-electron chi connectivity index (χ0n) is 15.7. The maximum absolute atomic E-state index is 12.7. The summed E-state index contributed by atoms with van der Waals surface area (Å²) >= 11 is 6.44. The number of fused-ring (bicyclic) bond motifs is 1. The van der Waals surface area contributed by atoms with Gasteiger partial charge in [-0.05, 0) is 44.2 Å². The molecule has 0 aromatic carbocycles. The second-order valence-corrected chi connectivity index (χ2v) is 8.08. The summed E-state index contributed by atoms with van der Waals surface area (Å²) in [5.41, 5.74) is 0.396. The van der Waals surface area contributed by atoms with Crippen LogP contribution in [0.25, 0.3) is 0 Å². The lowest BCUT2D eigenvalue weighted by atomic mass is 9.73. The molecule has 2 aliphatic rings. The number of methoxy groups -OCH3 is 1. The predicted octanol–water partition coefficient (Wildman–Crippen LogP) is 1.59. The monoisotopic (exact) mass is 392 g/mol. The van der Waals surface area contributed by atoms with Crippen LogP contribution >= 0.6 is 11.6 Å². The van der Waals surface area contributed by atoms with E-state index in [2.05, 4.69) is 10.6 Å². The lowest BCUT2D eigenvalue weighted by Crippen LogP contribution is -2.57. The Morgan fingerprint density at radius 1 is 1.37 bits per heavy atom. The summed E-state index contributed by atoms with van der Waals surface area (Å²) in [6.07, 6.45) is 2.21. The third kappa shape index (κ3) is 3.83. The van der Waals surface area contributed by atoms with Crippen molar-refractivity contribution in [2.24, 2.45) is 18.9 Å². The number of nitrogens with zero attached hydrogens (tertiary/aromatic N) is 2. The summed E-state index contributed by atoms with van der Waals surface area (Å²) in [7, 11) is 3.21. The average Bonchev–Trinajstić information content (AvgIpc) is 2.65.